The van der Waals surface area contributed by atoms with Crippen molar-refractivity contribution in [2.45, 2.75) is 13.3 Å². The number of hydrogen-bond donors (Lipinski definition) is 2. The van der Waals surface area contributed by atoms with E-state index in [2.05, 4.69) is 10.6 Å². The summed E-state index contributed by atoms with van der Waals surface area (Å²) in [6, 6.07) is 19.5. The van der Waals surface area contributed by atoms with E-state index in [0.717, 1.165) is 11.1 Å². The van der Waals surface area contributed by atoms with E-state index >= 15 is 0 Å². The second-order valence-electron chi connectivity index (χ2n) is 7.17. The third-order valence-electron chi connectivity index (χ3n) is 4.66. The molecule has 2 N–H and O–H groups in total. The van der Waals surface area contributed by atoms with Gasteiger partial charge in [-0.3, -0.25) is 9.59 Å². The van der Waals surface area contributed by atoms with Crippen molar-refractivity contribution in [1.82, 2.24) is 5.32 Å². The van der Waals surface area contributed by atoms with Crippen LogP contribution < -0.4 is 10.6 Å². The number of rotatable bonds is 8. The number of carbonyl (C=O) groups is 3. The molecular formula is C25H23FN2O4. The Morgan fingerprint density at radius 3 is 2.44 bits per heavy atom. The highest BCUT2D eigenvalue weighted by molar-refractivity contribution is 6.08. The lowest BCUT2D eigenvalue weighted by Gasteiger charge is -2.11. The van der Waals surface area contributed by atoms with Crippen molar-refractivity contribution < 1.29 is 23.5 Å². The molecule has 3 rings (SSSR count). The number of anilines is 1. The second kappa shape index (κ2) is 10.9. The summed E-state index contributed by atoms with van der Waals surface area (Å²) < 4.78 is 18.0. The lowest BCUT2D eigenvalue weighted by Crippen LogP contribution is -2.30. The number of ether oxygens (including phenoxy) is 1. The van der Waals surface area contributed by atoms with Gasteiger partial charge in [-0.15, -0.1) is 0 Å². The molecule has 2 amide bonds. The smallest absolute Gasteiger partial charge is 0.340 e. The van der Waals surface area contributed by atoms with Gasteiger partial charge in [-0.2, -0.15) is 0 Å². The highest BCUT2D eigenvalue weighted by atomic mass is 19.1. The number of benzene rings is 3. The van der Waals surface area contributed by atoms with Crippen molar-refractivity contribution in [2.75, 3.05) is 18.5 Å². The molecule has 0 atom stereocenters. The van der Waals surface area contributed by atoms with Gasteiger partial charge in [0.25, 0.3) is 11.8 Å². The zero-order chi connectivity index (χ0) is 22.9. The predicted octanol–water partition coefficient (Wildman–Crippen LogP) is 3.90. The number of halogens is 1. The summed E-state index contributed by atoms with van der Waals surface area (Å²) in [5, 5.41) is 5.36. The van der Waals surface area contributed by atoms with Gasteiger partial charge in [-0.1, -0.05) is 42.0 Å². The van der Waals surface area contributed by atoms with Gasteiger partial charge in [0.15, 0.2) is 6.61 Å². The molecular weight excluding hydrogens is 411 g/mol. The van der Waals surface area contributed by atoms with E-state index in [1.807, 2.05) is 13.0 Å². The second-order valence-corrected chi connectivity index (χ2v) is 7.17. The molecule has 3 aromatic rings. The summed E-state index contributed by atoms with van der Waals surface area (Å²) in [6.07, 6.45) is 0.522. The summed E-state index contributed by atoms with van der Waals surface area (Å²) in [5.41, 5.74) is 2.72. The van der Waals surface area contributed by atoms with Crippen LogP contribution in [0.4, 0.5) is 10.1 Å². The lowest BCUT2D eigenvalue weighted by atomic mass is 10.1. The summed E-state index contributed by atoms with van der Waals surface area (Å²) in [6.45, 7) is 1.75. The standard InChI is InChI=1S/C25H23FN2O4/c1-17-5-4-6-19(15-17)24(30)28-22-8-3-2-7-21(22)25(31)32-16-23(29)27-14-13-18-9-11-20(26)12-10-18/h2-12,15H,13-14,16H2,1H3,(H,27,29)(H,28,30). The Morgan fingerprint density at radius 2 is 1.69 bits per heavy atom. The first kappa shape index (κ1) is 22.7. The van der Waals surface area contributed by atoms with Crippen molar-refractivity contribution in [2.24, 2.45) is 0 Å². The molecule has 0 aromatic heterocycles. The number of amides is 2. The molecule has 0 radical (unpaired) electrons. The van der Waals surface area contributed by atoms with Crippen LogP contribution in [0, 0.1) is 12.7 Å². The fourth-order valence-electron chi connectivity index (χ4n) is 3.01. The maximum atomic E-state index is 12.9. The Kier molecular flexibility index (Phi) is 7.70. The van der Waals surface area contributed by atoms with Crippen molar-refractivity contribution in [3.8, 4) is 0 Å². The number of carbonyl (C=O) groups excluding carboxylic acids is 3. The van der Waals surface area contributed by atoms with Gasteiger partial charge in [0.2, 0.25) is 0 Å². The Balaban J connectivity index is 1.52. The van der Waals surface area contributed by atoms with Gasteiger partial charge >= 0.3 is 5.97 Å². The molecule has 0 bridgehead atoms. The zero-order valence-electron chi connectivity index (χ0n) is 17.6. The molecule has 3 aromatic carbocycles. The van der Waals surface area contributed by atoms with E-state index in [-0.39, 0.29) is 17.3 Å². The predicted molar refractivity (Wildman–Crippen MR) is 119 cm³/mol. The lowest BCUT2D eigenvalue weighted by molar-refractivity contribution is -0.124. The Hall–Kier alpha value is -4.00. The topological polar surface area (TPSA) is 84.5 Å². The van der Waals surface area contributed by atoms with E-state index in [1.165, 1.54) is 18.2 Å². The number of hydrogen-bond acceptors (Lipinski definition) is 4. The molecule has 0 saturated heterocycles. The SMILES string of the molecule is Cc1cccc(C(=O)Nc2ccccc2C(=O)OCC(=O)NCCc2ccc(F)cc2)c1. The van der Waals surface area contributed by atoms with E-state index in [0.29, 0.717) is 24.2 Å². The monoisotopic (exact) mass is 434 g/mol. The quantitative estimate of drug-likeness (QED) is 0.527. The van der Waals surface area contributed by atoms with Crippen molar-refractivity contribution >= 4 is 23.5 Å². The first-order chi connectivity index (χ1) is 15.4. The van der Waals surface area contributed by atoms with Crippen LogP contribution in [0.15, 0.2) is 72.8 Å². The minimum atomic E-state index is -0.723. The largest absolute Gasteiger partial charge is 0.452 e. The summed E-state index contributed by atoms with van der Waals surface area (Å²) >= 11 is 0. The zero-order valence-corrected chi connectivity index (χ0v) is 17.6. The third-order valence-corrected chi connectivity index (χ3v) is 4.66. The van der Waals surface area contributed by atoms with Crippen LogP contribution in [0.1, 0.15) is 31.8 Å². The molecule has 0 aliphatic rings. The van der Waals surface area contributed by atoms with Crippen LogP contribution in [0.5, 0.6) is 0 Å². The Labute approximate surface area is 185 Å². The summed E-state index contributed by atoms with van der Waals surface area (Å²) in [4.78, 5) is 37.0. The van der Waals surface area contributed by atoms with E-state index in [4.69, 9.17) is 4.74 Å². The minimum Gasteiger partial charge on any atom is -0.452 e. The van der Waals surface area contributed by atoms with Gasteiger partial charge in [0.05, 0.1) is 11.3 Å². The van der Waals surface area contributed by atoms with Gasteiger partial charge in [-0.25, -0.2) is 9.18 Å². The molecule has 32 heavy (non-hydrogen) atoms. The van der Waals surface area contributed by atoms with Crippen LogP contribution in [-0.2, 0) is 16.0 Å². The number of esters is 1. The van der Waals surface area contributed by atoms with E-state index in [9.17, 15) is 18.8 Å². The fourth-order valence-corrected chi connectivity index (χ4v) is 3.01. The van der Waals surface area contributed by atoms with E-state index in [1.54, 1.807) is 48.5 Å². The van der Waals surface area contributed by atoms with Crippen LogP contribution in [0.25, 0.3) is 0 Å². The highest BCUT2D eigenvalue weighted by Crippen LogP contribution is 2.18. The molecule has 0 unspecified atom stereocenters. The van der Waals surface area contributed by atoms with Crippen molar-refractivity contribution in [3.05, 3.63) is 101 Å². The van der Waals surface area contributed by atoms with Gasteiger partial charge in [-0.05, 0) is 55.3 Å². The van der Waals surface area contributed by atoms with Crippen molar-refractivity contribution in [1.29, 1.82) is 0 Å². The molecule has 0 fully saturated rings. The first-order valence-electron chi connectivity index (χ1n) is 10.1. The first-order valence-corrected chi connectivity index (χ1v) is 10.1. The van der Waals surface area contributed by atoms with Crippen LogP contribution in [0.2, 0.25) is 0 Å². The molecule has 164 valence electrons. The Morgan fingerprint density at radius 1 is 0.938 bits per heavy atom. The average Bonchev–Trinajstić information content (AvgIpc) is 2.79. The summed E-state index contributed by atoms with van der Waals surface area (Å²) in [7, 11) is 0. The third kappa shape index (κ3) is 6.50. The molecule has 0 aliphatic carbocycles. The molecule has 0 spiro atoms. The Bertz CT molecular complexity index is 1110. The minimum absolute atomic E-state index is 0.146. The van der Waals surface area contributed by atoms with Crippen LogP contribution in [-0.4, -0.2) is 30.9 Å². The highest BCUT2D eigenvalue weighted by Gasteiger charge is 2.16. The van der Waals surface area contributed by atoms with E-state index < -0.39 is 18.5 Å². The van der Waals surface area contributed by atoms with Crippen molar-refractivity contribution in [3.63, 3.8) is 0 Å². The summed E-state index contributed by atoms with van der Waals surface area (Å²) in [5.74, 6) is -1.85. The van der Waals surface area contributed by atoms with Crippen LogP contribution in [0.3, 0.4) is 0 Å². The number of nitrogens with one attached hydrogen (secondary N) is 2. The maximum absolute atomic E-state index is 12.9. The molecule has 0 heterocycles. The number of aryl methyl sites for hydroxylation is 1. The van der Waals surface area contributed by atoms with Crippen LogP contribution >= 0.6 is 0 Å². The van der Waals surface area contributed by atoms with Gasteiger partial charge in [0.1, 0.15) is 5.82 Å². The van der Waals surface area contributed by atoms with Gasteiger partial charge in [0, 0.05) is 12.1 Å². The molecule has 6 nitrogen and oxygen atoms in total. The fraction of sp³-hybridized carbons (Fsp3) is 0.160. The molecule has 7 heteroatoms. The molecule has 0 saturated carbocycles. The normalized spacial score (nSPS) is 10.3. The number of para-hydroxylation sites is 1. The molecule has 0 aliphatic heterocycles. The van der Waals surface area contributed by atoms with Gasteiger partial charge < -0.3 is 15.4 Å². The maximum Gasteiger partial charge on any atom is 0.340 e. The average molecular weight is 434 g/mol.